The van der Waals surface area contributed by atoms with E-state index in [9.17, 15) is 13.2 Å². The molecule has 3 rings (SSSR count). The summed E-state index contributed by atoms with van der Waals surface area (Å²) < 4.78 is 22.7. The molecule has 0 aliphatic carbocycles. The first-order valence-electron chi connectivity index (χ1n) is 7.89. The van der Waals surface area contributed by atoms with Crippen molar-refractivity contribution >= 4 is 27.0 Å². The van der Waals surface area contributed by atoms with Gasteiger partial charge in [-0.05, 0) is 36.8 Å². The number of aromatic nitrogens is 2. The number of sulfonamides is 1. The monoisotopic (exact) mass is 370 g/mol. The smallest absolute Gasteiger partial charge is 0.274 e. The number of para-hydroxylation sites is 2. The third kappa shape index (κ3) is 3.56. The molecule has 0 aliphatic heterocycles. The Balaban J connectivity index is 1.84. The largest absolute Gasteiger partial charge is 0.334 e. The van der Waals surface area contributed by atoms with E-state index in [0.29, 0.717) is 5.52 Å². The molecular weight excluding hydrogens is 352 g/mol. The lowest BCUT2D eigenvalue weighted by Gasteiger charge is -2.25. The van der Waals surface area contributed by atoms with Crippen LogP contribution in [0.25, 0.3) is 11.0 Å². The molecule has 1 amide bonds. The molecule has 0 aliphatic rings. The van der Waals surface area contributed by atoms with Gasteiger partial charge in [-0.3, -0.25) is 9.78 Å². The van der Waals surface area contributed by atoms with Crippen molar-refractivity contribution in [3.63, 3.8) is 0 Å². The fourth-order valence-electron chi connectivity index (χ4n) is 2.58. The van der Waals surface area contributed by atoms with Crippen molar-refractivity contribution in [1.29, 1.82) is 0 Å². The van der Waals surface area contributed by atoms with Gasteiger partial charge < -0.3 is 4.90 Å². The Morgan fingerprint density at radius 1 is 1.08 bits per heavy atom. The lowest BCUT2D eigenvalue weighted by molar-refractivity contribution is 0.0736. The van der Waals surface area contributed by atoms with Gasteiger partial charge in [-0.2, -0.15) is 0 Å². The van der Waals surface area contributed by atoms with Gasteiger partial charge in [-0.15, -0.1) is 0 Å². The molecule has 0 fully saturated rings. The molecule has 0 radical (unpaired) electrons. The molecule has 134 valence electrons. The van der Waals surface area contributed by atoms with Crippen LogP contribution in [0.4, 0.5) is 0 Å². The number of rotatable bonds is 4. The van der Waals surface area contributed by atoms with Crippen LogP contribution in [0, 0.1) is 0 Å². The highest BCUT2D eigenvalue weighted by molar-refractivity contribution is 7.89. The molecule has 8 heteroatoms. The first kappa shape index (κ1) is 18.0. The molecule has 1 atom stereocenters. The summed E-state index contributed by atoms with van der Waals surface area (Å²) in [6, 6.07) is 13.2. The van der Waals surface area contributed by atoms with Crippen LogP contribution in [0.15, 0.2) is 59.6 Å². The predicted molar refractivity (Wildman–Crippen MR) is 97.9 cm³/mol. The molecule has 0 bridgehead atoms. The fraction of sp³-hybridized carbons (Fsp3) is 0.167. The van der Waals surface area contributed by atoms with Gasteiger partial charge in [-0.25, -0.2) is 18.5 Å². The van der Waals surface area contributed by atoms with E-state index in [-0.39, 0.29) is 22.5 Å². The molecule has 3 aromatic rings. The van der Waals surface area contributed by atoms with E-state index in [4.69, 9.17) is 5.14 Å². The molecular formula is C18H18N4O3S. The lowest BCUT2D eigenvalue weighted by atomic mass is 10.1. The van der Waals surface area contributed by atoms with E-state index in [0.717, 1.165) is 11.1 Å². The van der Waals surface area contributed by atoms with Crippen LogP contribution in [0.1, 0.15) is 29.0 Å². The first-order valence-corrected chi connectivity index (χ1v) is 9.44. The highest BCUT2D eigenvalue weighted by Gasteiger charge is 2.21. The fourth-order valence-corrected chi connectivity index (χ4v) is 3.09. The van der Waals surface area contributed by atoms with Crippen LogP contribution in [0.2, 0.25) is 0 Å². The van der Waals surface area contributed by atoms with Crippen LogP contribution in [-0.4, -0.2) is 36.2 Å². The summed E-state index contributed by atoms with van der Waals surface area (Å²) in [5.41, 5.74) is 2.40. The summed E-state index contributed by atoms with van der Waals surface area (Å²) >= 11 is 0. The molecule has 0 unspecified atom stereocenters. The van der Waals surface area contributed by atoms with E-state index in [1.807, 2.05) is 25.1 Å². The molecule has 26 heavy (non-hydrogen) atoms. The summed E-state index contributed by atoms with van der Waals surface area (Å²) in [7, 11) is -2.08. The molecule has 2 N–H and O–H groups in total. The number of primary sulfonamides is 1. The second-order valence-corrected chi connectivity index (χ2v) is 7.51. The van der Waals surface area contributed by atoms with Gasteiger partial charge in [0.05, 0.1) is 28.2 Å². The van der Waals surface area contributed by atoms with Crippen LogP contribution in [0.5, 0.6) is 0 Å². The van der Waals surface area contributed by atoms with Gasteiger partial charge in [0.25, 0.3) is 5.91 Å². The summed E-state index contributed by atoms with van der Waals surface area (Å²) in [6.45, 7) is 1.85. The van der Waals surface area contributed by atoms with E-state index >= 15 is 0 Å². The number of carbonyl (C=O) groups is 1. The Morgan fingerprint density at radius 2 is 1.69 bits per heavy atom. The topological polar surface area (TPSA) is 106 Å². The average Bonchev–Trinajstić information content (AvgIpc) is 2.65. The van der Waals surface area contributed by atoms with Gasteiger partial charge in [0, 0.05) is 7.05 Å². The Morgan fingerprint density at radius 3 is 2.31 bits per heavy atom. The number of fused-ring (bicyclic) bond motifs is 1. The molecule has 0 saturated heterocycles. The first-order chi connectivity index (χ1) is 12.3. The highest BCUT2D eigenvalue weighted by Crippen LogP contribution is 2.22. The lowest BCUT2D eigenvalue weighted by Crippen LogP contribution is -2.30. The van der Waals surface area contributed by atoms with Crippen molar-refractivity contribution < 1.29 is 13.2 Å². The molecule has 2 aromatic carbocycles. The second kappa shape index (κ2) is 6.81. The second-order valence-electron chi connectivity index (χ2n) is 5.95. The van der Waals surface area contributed by atoms with E-state index in [2.05, 4.69) is 9.97 Å². The van der Waals surface area contributed by atoms with Gasteiger partial charge in [0.15, 0.2) is 0 Å². The number of amides is 1. The quantitative estimate of drug-likeness (QED) is 0.757. The molecule has 0 spiro atoms. The molecule has 1 aromatic heterocycles. The van der Waals surface area contributed by atoms with Crippen LogP contribution >= 0.6 is 0 Å². The van der Waals surface area contributed by atoms with Crippen molar-refractivity contribution in [3.8, 4) is 0 Å². The zero-order valence-corrected chi connectivity index (χ0v) is 15.1. The van der Waals surface area contributed by atoms with Crippen LogP contribution < -0.4 is 5.14 Å². The minimum absolute atomic E-state index is 0.0304. The maximum Gasteiger partial charge on any atom is 0.274 e. The Bertz CT molecular complexity index is 1070. The Kier molecular flexibility index (Phi) is 4.71. The summed E-state index contributed by atoms with van der Waals surface area (Å²) in [5, 5.41) is 5.10. The minimum Gasteiger partial charge on any atom is -0.334 e. The standard InChI is InChI=1S/C18H18N4O3S/c1-12(13-7-9-14(10-8-13)26(19,24)25)22(2)18(23)17-11-20-15-5-3-4-6-16(15)21-17/h3-12H,1-2H3,(H2,19,24,25)/t12-/m1/s1. The summed E-state index contributed by atoms with van der Waals surface area (Å²) in [5.74, 6) is -0.272. The van der Waals surface area contributed by atoms with Gasteiger partial charge in [-0.1, -0.05) is 24.3 Å². The maximum atomic E-state index is 12.7. The van der Waals surface area contributed by atoms with Gasteiger partial charge in [0.1, 0.15) is 5.69 Å². The van der Waals surface area contributed by atoms with Crippen molar-refractivity contribution in [2.75, 3.05) is 7.05 Å². The van der Waals surface area contributed by atoms with Crippen molar-refractivity contribution in [2.45, 2.75) is 17.9 Å². The molecule has 7 nitrogen and oxygen atoms in total. The van der Waals surface area contributed by atoms with Crippen LogP contribution in [-0.2, 0) is 10.0 Å². The SMILES string of the molecule is C[C@H](c1ccc(S(N)(=O)=O)cc1)N(C)C(=O)c1cnc2ccccc2n1. The van der Waals surface area contributed by atoms with E-state index in [1.165, 1.54) is 23.2 Å². The average molecular weight is 370 g/mol. The number of hydrogen-bond acceptors (Lipinski definition) is 5. The van der Waals surface area contributed by atoms with Crippen molar-refractivity contribution in [2.24, 2.45) is 5.14 Å². The Hall–Kier alpha value is -2.84. The number of carbonyl (C=O) groups excluding carboxylic acids is 1. The normalized spacial score (nSPS) is 12.7. The van der Waals surface area contributed by atoms with E-state index < -0.39 is 10.0 Å². The van der Waals surface area contributed by atoms with Crippen LogP contribution in [0.3, 0.4) is 0 Å². The van der Waals surface area contributed by atoms with Gasteiger partial charge in [0.2, 0.25) is 10.0 Å². The Labute approximate surface area is 151 Å². The van der Waals surface area contributed by atoms with Crippen molar-refractivity contribution in [1.82, 2.24) is 14.9 Å². The number of nitrogens with zero attached hydrogens (tertiary/aromatic N) is 3. The van der Waals surface area contributed by atoms with E-state index in [1.54, 1.807) is 25.2 Å². The number of benzene rings is 2. The zero-order chi connectivity index (χ0) is 18.9. The third-order valence-corrected chi connectivity index (χ3v) is 5.19. The number of nitrogens with two attached hydrogens (primary N) is 1. The maximum absolute atomic E-state index is 12.7. The minimum atomic E-state index is -3.74. The molecule has 0 saturated carbocycles. The van der Waals surface area contributed by atoms with Gasteiger partial charge >= 0.3 is 0 Å². The zero-order valence-electron chi connectivity index (χ0n) is 14.3. The van der Waals surface area contributed by atoms with Crippen molar-refractivity contribution in [3.05, 3.63) is 66.0 Å². The highest BCUT2D eigenvalue weighted by atomic mass is 32.2. The predicted octanol–water partition coefficient (Wildman–Crippen LogP) is 2.11. The third-order valence-electron chi connectivity index (χ3n) is 4.26. The molecule has 1 heterocycles. The summed E-state index contributed by atoms with van der Waals surface area (Å²) in [6.07, 6.45) is 1.46. The number of hydrogen-bond donors (Lipinski definition) is 1. The summed E-state index contributed by atoms with van der Waals surface area (Å²) in [4.78, 5) is 22.9.